The van der Waals surface area contributed by atoms with Crippen LogP contribution in [0.1, 0.15) is 205 Å². The second-order valence-corrected chi connectivity index (χ2v) is 16.3. The molecule has 0 amide bonds. The van der Waals surface area contributed by atoms with Crippen LogP contribution in [-0.2, 0) is 32.3 Å². The molecule has 0 aliphatic carbocycles. The van der Waals surface area contributed by atoms with E-state index in [0.29, 0.717) is 38.9 Å². The van der Waals surface area contributed by atoms with Crippen molar-refractivity contribution in [1.29, 1.82) is 0 Å². The number of ether oxygens (including phenoxy) is 2. The topological polar surface area (TPSA) is 139 Å². The Labute approximate surface area is 400 Å². The van der Waals surface area contributed by atoms with Gasteiger partial charge in [0.1, 0.15) is 0 Å². The Morgan fingerprint density at radius 1 is 0.458 bits per heavy atom. The number of carboxylic acids is 2. The summed E-state index contributed by atoms with van der Waals surface area (Å²) in [5.41, 5.74) is 2.24. The van der Waals surface area contributed by atoms with E-state index in [-0.39, 0.29) is 73.9 Å². The first kappa shape index (κ1) is 57.8. The van der Waals surface area contributed by atoms with Gasteiger partial charge < -0.3 is 39.5 Å². The third-order valence-corrected chi connectivity index (χ3v) is 10.9. The molecule has 4 unspecified atom stereocenters. The van der Waals surface area contributed by atoms with Crippen molar-refractivity contribution in [1.82, 2.24) is 0 Å². The van der Waals surface area contributed by atoms with Crippen LogP contribution in [0.2, 0.25) is 0 Å². The van der Waals surface area contributed by atoms with Gasteiger partial charge in [-0.2, -0.15) is 0 Å². The maximum Gasteiger partial charge on any atom is 2.00 e. The summed E-state index contributed by atoms with van der Waals surface area (Å²) in [6, 6.07) is 20.1. The number of hydrogen-bond acceptors (Lipinski definition) is 8. The zero-order chi connectivity index (χ0) is 42.3. The SMILES string of the molecule is CCCCCCCCCCC(OCc1ccccc1)C(O)CCCCCC(=O)[O-].CCCCCCCCCCC(OCc1ccccc1)C(O)CCCCCC(=O)[O-].[Ba+2]. The number of aliphatic hydroxyl groups excluding tert-OH is 2. The van der Waals surface area contributed by atoms with E-state index in [1.807, 2.05) is 60.7 Å². The van der Waals surface area contributed by atoms with Gasteiger partial charge in [-0.3, -0.25) is 0 Å². The molecule has 0 fully saturated rings. The molecule has 0 spiro atoms. The molecule has 8 nitrogen and oxygen atoms in total. The molecule has 0 saturated heterocycles. The Bertz CT molecular complexity index is 1110. The normalized spacial score (nSPS) is 13.1. The minimum Gasteiger partial charge on any atom is -0.550 e. The molecule has 9 heteroatoms. The molecule has 2 aromatic rings. The molecule has 0 heterocycles. The summed E-state index contributed by atoms with van der Waals surface area (Å²) in [4.78, 5) is 21.0. The molecular weight excluding hydrogens is 866 g/mol. The number of carbonyl (C=O) groups is 2. The zero-order valence-electron chi connectivity index (χ0n) is 37.3. The van der Waals surface area contributed by atoms with Gasteiger partial charge in [0.15, 0.2) is 0 Å². The average Bonchev–Trinajstić information content (AvgIpc) is 3.22. The molecule has 2 aromatic carbocycles. The number of rotatable bonds is 38. The molecule has 4 atom stereocenters. The Morgan fingerprint density at radius 2 is 0.746 bits per heavy atom. The van der Waals surface area contributed by atoms with Gasteiger partial charge in [-0.15, -0.1) is 0 Å². The van der Waals surface area contributed by atoms with Gasteiger partial charge in [-0.1, -0.05) is 203 Å². The van der Waals surface area contributed by atoms with Crippen molar-refractivity contribution in [2.45, 2.75) is 231 Å². The van der Waals surface area contributed by atoms with Crippen LogP contribution in [0, 0.1) is 0 Å². The minimum atomic E-state index is -0.996. The van der Waals surface area contributed by atoms with Crippen molar-refractivity contribution in [3.63, 3.8) is 0 Å². The van der Waals surface area contributed by atoms with Crippen molar-refractivity contribution in [2.24, 2.45) is 0 Å². The maximum atomic E-state index is 10.6. The first-order valence-electron chi connectivity index (χ1n) is 23.3. The summed E-state index contributed by atoms with van der Waals surface area (Å²) in [5.74, 6) is -1.99. The Morgan fingerprint density at radius 3 is 1.07 bits per heavy atom. The van der Waals surface area contributed by atoms with Crippen molar-refractivity contribution in [3.05, 3.63) is 71.8 Å². The fraction of sp³-hybridized carbons (Fsp3) is 0.720. The molecule has 0 saturated carbocycles. The summed E-state index contributed by atoms with van der Waals surface area (Å²) in [6.07, 6.45) is 26.7. The van der Waals surface area contributed by atoms with Crippen molar-refractivity contribution < 1.29 is 39.5 Å². The maximum absolute atomic E-state index is 10.6. The van der Waals surface area contributed by atoms with Crippen LogP contribution in [0.4, 0.5) is 0 Å². The van der Waals surface area contributed by atoms with E-state index in [1.54, 1.807) is 0 Å². The predicted octanol–water partition coefficient (Wildman–Crippen LogP) is 9.95. The van der Waals surface area contributed by atoms with Crippen molar-refractivity contribution in [3.8, 4) is 0 Å². The van der Waals surface area contributed by atoms with E-state index in [4.69, 9.17) is 9.47 Å². The van der Waals surface area contributed by atoms with Gasteiger partial charge in [-0.05, 0) is 62.5 Å². The van der Waals surface area contributed by atoms with Gasteiger partial charge in [0, 0.05) is 11.9 Å². The fourth-order valence-electron chi connectivity index (χ4n) is 7.26. The summed E-state index contributed by atoms with van der Waals surface area (Å²) in [5, 5.41) is 42.3. The summed E-state index contributed by atoms with van der Waals surface area (Å²) in [6.45, 7) is 5.52. The van der Waals surface area contributed by atoms with Crippen LogP contribution in [0.15, 0.2) is 60.7 Å². The average molecular weight is 949 g/mol. The number of unbranched alkanes of at least 4 members (excludes halogenated alkanes) is 18. The van der Waals surface area contributed by atoms with Crippen LogP contribution in [-0.4, -0.2) is 95.4 Å². The van der Waals surface area contributed by atoms with Crippen molar-refractivity contribution >= 4 is 60.8 Å². The van der Waals surface area contributed by atoms with E-state index < -0.39 is 24.1 Å². The first-order valence-corrected chi connectivity index (χ1v) is 23.3. The Kier molecular flexibility index (Phi) is 41.2. The van der Waals surface area contributed by atoms with Crippen molar-refractivity contribution in [2.75, 3.05) is 0 Å². The smallest absolute Gasteiger partial charge is 0.550 e. The molecule has 59 heavy (non-hydrogen) atoms. The molecule has 2 rings (SSSR count). The quantitative estimate of drug-likeness (QED) is 0.0501. The summed E-state index contributed by atoms with van der Waals surface area (Å²) < 4.78 is 12.2. The number of aliphatic hydroxyl groups is 2. The number of carbonyl (C=O) groups excluding carboxylic acids is 2. The number of carboxylic acid groups (broad SMARTS) is 2. The standard InChI is InChI=1S/2C25H42O4.Ba/c2*1-2-3-4-5-6-7-8-14-19-24(29-21-22-16-11-9-12-17-22)23(26)18-13-10-15-20-25(27)28;/h2*9,11-12,16-17,23-24,26H,2-8,10,13-15,18-21H2,1H3,(H,27,28);/q;;+2/p-2. The van der Waals surface area contributed by atoms with Crippen LogP contribution in [0.5, 0.6) is 0 Å². The van der Waals surface area contributed by atoms with E-state index in [9.17, 15) is 30.0 Å². The van der Waals surface area contributed by atoms with E-state index in [0.717, 1.165) is 62.5 Å². The molecule has 0 bridgehead atoms. The van der Waals surface area contributed by atoms with Crippen LogP contribution in [0.25, 0.3) is 0 Å². The molecule has 0 aliphatic rings. The van der Waals surface area contributed by atoms with Gasteiger partial charge in [0.05, 0.1) is 37.6 Å². The number of hydrogen-bond donors (Lipinski definition) is 2. The zero-order valence-corrected chi connectivity index (χ0v) is 41.8. The van der Waals surface area contributed by atoms with Gasteiger partial charge in [0.25, 0.3) is 0 Å². The van der Waals surface area contributed by atoms with Gasteiger partial charge >= 0.3 is 48.9 Å². The molecule has 332 valence electrons. The minimum absolute atomic E-state index is 0. The van der Waals surface area contributed by atoms with E-state index in [2.05, 4.69) is 13.8 Å². The molecule has 2 N–H and O–H groups in total. The van der Waals surface area contributed by atoms with Crippen LogP contribution in [0.3, 0.4) is 0 Å². The third-order valence-electron chi connectivity index (χ3n) is 10.9. The monoisotopic (exact) mass is 949 g/mol. The summed E-state index contributed by atoms with van der Waals surface area (Å²) >= 11 is 0. The van der Waals surface area contributed by atoms with Crippen LogP contribution >= 0.6 is 0 Å². The third kappa shape index (κ3) is 36.0. The second kappa shape index (κ2) is 42.1. The fourth-order valence-corrected chi connectivity index (χ4v) is 7.26. The number of aliphatic carboxylic acids is 2. The van der Waals surface area contributed by atoms with E-state index in [1.165, 1.54) is 89.9 Å². The largest absolute Gasteiger partial charge is 2.00 e. The van der Waals surface area contributed by atoms with Crippen LogP contribution < -0.4 is 10.2 Å². The Hall–Kier alpha value is -1.21. The van der Waals surface area contributed by atoms with Gasteiger partial charge in [0.2, 0.25) is 0 Å². The molecule has 0 radical (unpaired) electrons. The van der Waals surface area contributed by atoms with E-state index >= 15 is 0 Å². The molecule has 0 aliphatic heterocycles. The molecular formula is C50H82BaO8. The Balaban J connectivity index is 0.00000112. The predicted molar refractivity (Wildman–Crippen MR) is 238 cm³/mol. The summed E-state index contributed by atoms with van der Waals surface area (Å²) in [7, 11) is 0. The second-order valence-electron chi connectivity index (χ2n) is 16.3. The first-order chi connectivity index (χ1) is 28.3. The number of benzene rings is 2. The molecule has 0 aromatic heterocycles. The van der Waals surface area contributed by atoms with Gasteiger partial charge in [-0.25, -0.2) is 0 Å².